The van der Waals surface area contributed by atoms with Gasteiger partial charge in [0.1, 0.15) is 5.82 Å². The van der Waals surface area contributed by atoms with Crippen molar-refractivity contribution in [3.63, 3.8) is 0 Å². The predicted octanol–water partition coefficient (Wildman–Crippen LogP) is 1.50. The Morgan fingerprint density at radius 2 is 2.21 bits per heavy atom. The van der Waals surface area contributed by atoms with E-state index in [1.807, 2.05) is 6.92 Å². The maximum atomic E-state index is 12.7. The molecule has 0 bridgehead atoms. The number of anilines is 1. The van der Waals surface area contributed by atoms with E-state index in [0.717, 1.165) is 6.07 Å². The Labute approximate surface area is 82.3 Å². The minimum Gasteiger partial charge on any atom is -0.398 e. The maximum Gasteiger partial charge on any atom is 0.255 e. The normalized spacial score (nSPS) is 9.93. The third kappa shape index (κ3) is 2.02. The van der Waals surface area contributed by atoms with Crippen molar-refractivity contribution in [1.82, 2.24) is 4.90 Å². The number of rotatable bonds is 2. The second kappa shape index (κ2) is 4.09. The zero-order valence-electron chi connectivity index (χ0n) is 8.25. The highest BCUT2D eigenvalue weighted by molar-refractivity contribution is 5.98. The molecule has 0 atom stereocenters. The molecule has 1 rings (SSSR count). The van der Waals surface area contributed by atoms with Gasteiger partial charge in [0, 0.05) is 19.3 Å². The van der Waals surface area contributed by atoms with Crippen LogP contribution in [0.1, 0.15) is 17.3 Å². The van der Waals surface area contributed by atoms with E-state index in [0.29, 0.717) is 12.1 Å². The van der Waals surface area contributed by atoms with Crippen LogP contribution in [0.5, 0.6) is 0 Å². The van der Waals surface area contributed by atoms with Crippen molar-refractivity contribution >= 4 is 11.6 Å². The lowest BCUT2D eigenvalue weighted by Gasteiger charge is -2.15. The number of halogens is 1. The fraction of sp³-hybridized carbons (Fsp3) is 0.300. The summed E-state index contributed by atoms with van der Waals surface area (Å²) >= 11 is 0. The summed E-state index contributed by atoms with van der Waals surface area (Å²) in [6, 6.07) is 3.78. The summed E-state index contributed by atoms with van der Waals surface area (Å²) < 4.78 is 12.7. The van der Waals surface area contributed by atoms with E-state index in [-0.39, 0.29) is 11.6 Å². The monoisotopic (exact) mass is 196 g/mol. The van der Waals surface area contributed by atoms with Crippen LogP contribution in [0.4, 0.5) is 10.1 Å². The molecule has 0 spiro atoms. The van der Waals surface area contributed by atoms with Crippen LogP contribution >= 0.6 is 0 Å². The van der Waals surface area contributed by atoms with Gasteiger partial charge in [0.2, 0.25) is 0 Å². The first-order valence-electron chi connectivity index (χ1n) is 4.36. The van der Waals surface area contributed by atoms with Crippen molar-refractivity contribution in [3.05, 3.63) is 29.6 Å². The Hall–Kier alpha value is -1.58. The Balaban J connectivity index is 3.02. The molecule has 0 radical (unpaired) electrons. The van der Waals surface area contributed by atoms with Gasteiger partial charge in [0.05, 0.1) is 5.56 Å². The Morgan fingerprint density at radius 1 is 1.57 bits per heavy atom. The SMILES string of the molecule is CCN(C)C(=O)c1ccc(F)cc1N. The highest BCUT2D eigenvalue weighted by Gasteiger charge is 2.13. The van der Waals surface area contributed by atoms with E-state index in [1.54, 1.807) is 7.05 Å². The molecule has 2 N–H and O–H groups in total. The summed E-state index contributed by atoms with van der Waals surface area (Å²) in [4.78, 5) is 13.1. The number of amides is 1. The molecule has 3 nitrogen and oxygen atoms in total. The first-order chi connectivity index (χ1) is 6.56. The number of hydrogen-bond acceptors (Lipinski definition) is 2. The van der Waals surface area contributed by atoms with Crippen molar-refractivity contribution in [2.24, 2.45) is 0 Å². The molecule has 1 amide bonds. The number of carbonyl (C=O) groups is 1. The molecule has 0 aromatic heterocycles. The lowest BCUT2D eigenvalue weighted by Crippen LogP contribution is -2.27. The van der Waals surface area contributed by atoms with Gasteiger partial charge in [0.25, 0.3) is 5.91 Å². The summed E-state index contributed by atoms with van der Waals surface area (Å²) in [5.41, 5.74) is 6.05. The smallest absolute Gasteiger partial charge is 0.255 e. The molecule has 76 valence electrons. The molecule has 0 aliphatic carbocycles. The van der Waals surface area contributed by atoms with E-state index in [4.69, 9.17) is 5.73 Å². The third-order valence-corrected chi connectivity index (χ3v) is 2.07. The number of hydrogen-bond donors (Lipinski definition) is 1. The van der Waals surface area contributed by atoms with E-state index in [1.165, 1.54) is 17.0 Å². The zero-order valence-corrected chi connectivity index (χ0v) is 8.25. The van der Waals surface area contributed by atoms with Crippen LogP contribution in [0.2, 0.25) is 0 Å². The van der Waals surface area contributed by atoms with Gasteiger partial charge in [-0.3, -0.25) is 4.79 Å². The Bertz CT molecular complexity index is 352. The molecule has 0 saturated carbocycles. The highest BCUT2D eigenvalue weighted by Crippen LogP contribution is 2.14. The quantitative estimate of drug-likeness (QED) is 0.728. The van der Waals surface area contributed by atoms with Gasteiger partial charge in [-0.15, -0.1) is 0 Å². The Morgan fingerprint density at radius 3 is 2.71 bits per heavy atom. The van der Waals surface area contributed by atoms with Crippen LogP contribution in [0, 0.1) is 5.82 Å². The fourth-order valence-corrected chi connectivity index (χ4v) is 1.08. The van der Waals surface area contributed by atoms with Crippen LogP contribution < -0.4 is 5.73 Å². The fourth-order valence-electron chi connectivity index (χ4n) is 1.08. The molecule has 1 aromatic carbocycles. The highest BCUT2D eigenvalue weighted by atomic mass is 19.1. The summed E-state index contributed by atoms with van der Waals surface area (Å²) in [6.07, 6.45) is 0. The number of nitrogens with two attached hydrogens (primary N) is 1. The molecule has 0 unspecified atom stereocenters. The van der Waals surface area contributed by atoms with Crippen molar-refractivity contribution in [2.75, 3.05) is 19.3 Å². The second-order valence-corrected chi connectivity index (χ2v) is 3.05. The molecule has 0 aliphatic rings. The van der Waals surface area contributed by atoms with Crippen LogP contribution in [0.15, 0.2) is 18.2 Å². The van der Waals surface area contributed by atoms with Crippen molar-refractivity contribution < 1.29 is 9.18 Å². The molecule has 1 aromatic rings. The molecule has 0 heterocycles. The molecular weight excluding hydrogens is 183 g/mol. The standard InChI is InChI=1S/C10H13FN2O/c1-3-13(2)10(14)8-5-4-7(11)6-9(8)12/h4-6H,3,12H2,1-2H3. The third-order valence-electron chi connectivity index (χ3n) is 2.07. The molecule has 0 aliphatic heterocycles. The lowest BCUT2D eigenvalue weighted by atomic mass is 10.1. The maximum absolute atomic E-state index is 12.7. The van der Waals surface area contributed by atoms with E-state index >= 15 is 0 Å². The summed E-state index contributed by atoms with van der Waals surface area (Å²) in [7, 11) is 1.67. The van der Waals surface area contributed by atoms with Crippen molar-refractivity contribution in [2.45, 2.75) is 6.92 Å². The summed E-state index contributed by atoms with van der Waals surface area (Å²) in [5.74, 6) is -0.622. The lowest BCUT2D eigenvalue weighted by molar-refractivity contribution is 0.0803. The van der Waals surface area contributed by atoms with Crippen molar-refractivity contribution in [3.8, 4) is 0 Å². The topological polar surface area (TPSA) is 46.3 Å². The predicted molar refractivity (Wildman–Crippen MR) is 53.4 cm³/mol. The van der Waals surface area contributed by atoms with E-state index in [2.05, 4.69) is 0 Å². The molecule has 0 fully saturated rings. The van der Waals surface area contributed by atoms with Gasteiger partial charge < -0.3 is 10.6 Å². The largest absolute Gasteiger partial charge is 0.398 e. The van der Waals surface area contributed by atoms with Gasteiger partial charge >= 0.3 is 0 Å². The van der Waals surface area contributed by atoms with E-state index in [9.17, 15) is 9.18 Å². The minimum atomic E-state index is -0.432. The average molecular weight is 196 g/mol. The van der Waals surface area contributed by atoms with Crippen LogP contribution in [0.3, 0.4) is 0 Å². The van der Waals surface area contributed by atoms with E-state index < -0.39 is 5.82 Å². The van der Waals surface area contributed by atoms with Crippen LogP contribution in [-0.4, -0.2) is 24.4 Å². The summed E-state index contributed by atoms with van der Waals surface area (Å²) in [5, 5.41) is 0. The average Bonchev–Trinajstić information content (AvgIpc) is 2.15. The molecule has 4 heteroatoms. The Kier molecular flexibility index (Phi) is 3.06. The first kappa shape index (κ1) is 10.5. The molecule has 0 saturated heterocycles. The minimum absolute atomic E-state index is 0.176. The number of benzene rings is 1. The van der Waals surface area contributed by atoms with Crippen LogP contribution in [-0.2, 0) is 0 Å². The van der Waals surface area contributed by atoms with Crippen molar-refractivity contribution in [1.29, 1.82) is 0 Å². The van der Waals surface area contributed by atoms with Gasteiger partial charge in [-0.1, -0.05) is 0 Å². The van der Waals surface area contributed by atoms with Crippen LogP contribution in [0.25, 0.3) is 0 Å². The molecular formula is C10H13FN2O. The van der Waals surface area contributed by atoms with Gasteiger partial charge in [-0.2, -0.15) is 0 Å². The molecule has 14 heavy (non-hydrogen) atoms. The first-order valence-corrected chi connectivity index (χ1v) is 4.36. The zero-order chi connectivity index (χ0) is 10.7. The number of nitrogens with zero attached hydrogens (tertiary/aromatic N) is 1. The van der Waals surface area contributed by atoms with Gasteiger partial charge in [-0.05, 0) is 25.1 Å². The number of carbonyl (C=O) groups excluding carboxylic acids is 1. The summed E-state index contributed by atoms with van der Waals surface area (Å²) in [6.45, 7) is 2.45. The number of nitrogen functional groups attached to an aromatic ring is 1. The van der Waals surface area contributed by atoms with Gasteiger partial charge in [0.15, 0.2) is 0 Å². The second-order valence-electron chi connectivity index (χ2n) is 3.05. The van der Waals surface area contributed by atoms with Gasteiger partial charge in [-0.25, -0.2) is 4.39 Å².